The predicted molar refractivity (Wildman–Crippen MR) is 150 cm³/mol. The monoisotopic (exact) mass is 510 g/mol. The first-order chi connectivity index (χ1) is 17.3. The average Bonchev–Trinajstić information content (AvgIpc) is 3.41. The van der Waals surface area contributed by atoms with Crippen molar-refractivity contribution >= 4 is 43.7 Å². The number of thiazole rings is 1. The van der Waals surface area contributed by atoms with Gasteiger partial charge < -0.3 is 0 Å². The van der Waals surface area contributed by atoms with Gasteiger partial charge in [-0.05, 0) is 70.6 Å². The van der Waals surface area contributed by atoms with Gasteiger partial charge in [-0.25, -0.2) is 13.4 Å². The van der Waals surface area contributed by atoms with E-state index in [1.54, 1.807) is 29.7 Å². The Morgan fingerprint density at radius 1 is 0.917 bits per heavy atom. The molecule has 0 unspecified atom stereocenters. The van der Waals surface area contributed by atoms with E-state index in [4.69, 9.17) is 4.98 Å². The molecule has 2 aromatic heterocycles. The van der Waals surface area contributed by atoms with Crippen LogP contribution in [-0.2, 0) is 9.84 Å². The fourth-order valence-corrected chi connectivity index (χ4v) is 5.54. The van der Waals surface area contributed by atoms with Crippen LogP contribution in [-0.4, -0.2) is 24.6 Å². The molecule has 5 rings (SSSR count). The van der Waals surface area contributed by atoms with Crippen molar-refractivity contribution in [1.82, 2.24) is 9.97 Å². The van der Waals surface area contributed by atoms with Crippen LogP contribution < -0.4 is 0 Å². The molecule has 0 bridgehead atoms. The molecule has 0 aliphatic carbocycles. The van der Waals surface area contributed by atoms with E-state index in [2.05, 4.69) is 67.4 Å². The SMILES string of the molecule is CC(C)c1cc(-c2cccc(/C=C(\c3ccc(S(C)(=O)=O)cc3)c3nccs3)c2)c2ncccc2c1. The fraction of sp³-hybridized carbons (Fsp3) is 0.133. The number of hydrogen-bond donors (Lipinski definition) is 0. The molecule has 0 atom stereocenters. The first-order valence-corrected chi connectivity index (χ1v) is 14.5. The molecule has 0 saturated heterocycles. The van der Waals surface area contributed by atoms with Crippen molar-refractivity contribution < 1.29 is 8.42 Å². The molecule has 0 aliphatic heterocycles. The Kier molecular flexibility index (Phi) is 6.56. The molecule has 0 spiro atoms. The summed E-state index contributed by atoms with van der Waals surface area (Å²) >= 11 is 1.55. The number of aromatic nitrogens is 2. The van der Waals surface area contributed by atoms with Crippen LogP contribution in [0.3, 0.4) is 0 Å². The lowest BCUT2D eigenvalue weighted by Gasteiger charge is -2.13. The van der Waals surface area contributed by atoms with Gasteiger partial charge in [0.2, 0.25) is 0 Å². The van der Waals surface area contributed by atoms with Crippen molar-refractivity contribution in [3.8, 4) is 11.1 Å². The van der Waals surface area contributed by atoms with Crippen LogP contribution in [0.5, 0.6) is 0 Å². The van der Waals surface area contributed by atoms with Gasteiger partial charge in [0.25, 0.3) is 0 Å². The zero-order valence-electron chi connectivity index (χ0n) is 20.3. The standard InChI is InChI=1S/C30H26N2O2S2/c1-20(2)25-18-24-8-5-13-31-29(24)27(19-25)23-7-4-6-21(16-23)17-28(30-32-14-15-35-30)22-9-11-26(12-10-22)36(3,33)34/h4-20H,1-3H3/b28-17+. The first kappa shape index (κ1) is 24.1. The van der Waals surface area contributed by atoms with Gasteiger partial charge in [0.05, 0.1) is 10.4 Å². The minimum Gasteiger partial charge on any atom is -0.256 e. The Balaban J connectivity index is 1.63. The topological polar surface area (TPSA) is 59.9 Å². The highest BCUT2D eigenvalue weighted by Crippen LogP contribution is 2.33. The lowest BCUT2D eigenvalue weighted by Crippen LogP contribution is -1.97. The van der Waals surface area contributed by atoms with Gasteiger partial charge in [-0.3, -0.25) is 4.98 Å². The van der Waals surface area contributed by atoms with Crippen molar-refractivity contribution in [2.45, 2.75) is 24.7 Å². The van der Waals surface area contributed by atoms with E-state index in [1.165, 1.54) is 11.8 Å². The lowest BCUT2D eigenvalue weighted by atomic mass is 9.93. The second-order valence-corrected chi connectivity index (χ2v) is 12.0. The summed E-state index contributed by atoms with van der Waals surface area (Å²) < 4.78 is 23.9. The third kappa shape index (κ3) is 5.01. The summed E-state index contributed by atoms with van der Waals surface area (Å²) in [6, 6.07) is 24.0. The minimum atomic E-state index is -3.26. The third-order valence-corrected chi connectivity index (χ3v) is 8.09. The molecule has 180 valence electrons. The number of fused-ring (bicyclic) bond motifs is 1. The predicted octanol–water partition coefficient (Wildman–Crippen LogP) is 7.47. The Morgan fingerprint density at radius 2 is 1.72 bits per heavy atom. The maximum atomic E-state index is 11.9. The molecule has 0 saturated carbocycles. The molecular formula is C30H26N2O2S2. The molecule has 0 aliphatic rings. The highest BCUT2D eigenvalue weighted by atomic mass is 32.2. The number of rotatable bonds is 6. The molecule has 0 radical (unpaired) electrons. The lowest BCUT2D eigenvalue weighted by molar-refractivity contribution is 0.602. The van der Waals surface area contributed by atoms with Gasteiger partial charge >= 0.3 is 0 Å². The average molecular weight is 511 g/mol. The zero-order chi connectivity index (χ0) is 25.3. The van der Waals surface area contributed by atoms with E-state index in [-0.39, 0.29) is 0 Å². The molecule has 0 fully saturated rings. The van der Waals surface area contributed by atoms with Gasteiger partial charge in [-0.1, -0.05) is 50.2 Å². The summed E-state index contributed by atoms with van der Waals surface area (Å²) in [6.45, 7) is 4.41. The van der Waals surface area contributed by atoms with E-state index >= 15 is 0 Å². The zero-order valence-corrected chi connectivity index (χ0v) is 22.0. The van der Waals surface area contributed by atoms with Crippen molar-refractivity contribution in [3.05, 3.63) is 112 Å². The molecule has 2 heterocycles. The number of pyridine rings is 1. The van der Waals surface area contributed by atoms with Gasteiger partial charge in [0.1, 0.15) is 5.01 Å². The molecular weight excluding hydrogens is 484 g/mol. The largest absolute Gasteiger partial charge is 0.256 e. The Hall–Kier alpha value is -3.61. The normalized spacial score (nSPS) is 12.4. The highest BCUT2D eigenvalue weighted by molar-refractivity contribution is 7.90. The summed E-state index contributed by atoms with van der Waals surface area (Å²) in [7, 11) is -3.26. The van der Waals surface area contributed by atoms with Crippen molar-refractivity contribution in [2.24, 2.45) is 0 Å². The van der Waals surface area contributed by atoms with Gasteiger partial charge in [0, 0.05) is 40.6 Å². The maximum absolute atomic E-state index is 11.9. The van der Waals surface area contributed by atoms with Gasteiger partial charge in [-0.15, -0.1) is 11.3 Å². The smallest absolute Gasteiger partial charge is 0.175 e. The Labute approximate surface area is 215 Å². The van der Waals surface area contributed by atoms with Crippen LogP contribution in [0, 0.1) is 0 Å². The van der Waals surface area contributed by atoms with Crippen LogP contribution in [0.4, 0.5) is 0 Å². The molecule has 0 N–H and O–H groups in total. The highest BCUT2D eigenvalue weighted by Gasteiger charge is 2.13. The molecule has 3 aromatic carbocycles. The summed E-state index contributed by atoms with van der Waals surface area (Å²) in [5, 5.41) is 3.95. The second kappa shape index (κ2) is 9.80. The van der Waals surface area contributed by atoms with Crippen molar-refractivity contribution in [2.75, 3.05) is 6.26 Å². The van der Waals surface area contributed by atoms with Crippen LogP contribution in [0.25, 0.3) is 33.7 Å². The number of sulfone groups is 1. The van der Waals surface area contributed by atoms with Crippen LogP contribution in [0.2, 0.25) is 0 Å². The van der Waals surface area contributed by atoms with Crippen molar-refractivity contribution in [3.63, 3.8) is 0 Å². The molecule has 0 amide bonds. The minimum absolute atomic E-state index is 0.302. The molecule has 36 heavy (non-hydrogen) atoms. The fourth-order valence-electron chi connectivity index (χ4n) is 4.24. The summed E-state index contributed by atoms with van der Waals surface area (Å²) in [5.41, 5.74) is 7.36. The van der Waals surface area contributed by atoms with E-state index in [0.29, 0.717) is 10.8 Å². The number of hydrogen-bond acceptors (Lipinski definition) is 5. The molecule has 4 nitrogen and oxygen atoms in total. The first-order valence-electron chi connectivity index (χ1n) is 11.7. The molecule has 6 heteroatoms. The van der Waals surface area contributed by atoms with E-state index in [1.807, 2.05) is 29.8 Å². The summed E-state index contributed by atoms with van der Waals surface area (Å²) in [6.07, 6.45) is 6.95. The Bertz CT molecular complexity index is 1670. The van der Waals surface area contributed by atoms with E-state index < -0.39 is 9.84 Å². The molecule has 5 aromatic rings. The Morgan fingerprint density at radius 3 is 2.42 bits per heavy atom. The second-order valence-electron chi connectivity index (χ2n) is 9.12. The summed E-state index contributed by atoms with van der Waals surface area (Å²) in [4.78, 5) is 9.53. The third-order valence-electron chi connectivity index (χ3n) is 6.16. The van der Waals surface area contributed by atoms with Crippen molar-refractivity contribution in [1.29, 1.82) is 0 Å². The van der Waals surface area contributed by atoms with Gasteiger partial charge in [0.15, 0.2) is 9.84 Å². The van der Waals surface area contributed by atoms with E-state index in [9.17, 15) is 8.42 Å². The van der Waals surface area contributed by atoms with E-state index in [0.717, 1.165) is 43.7 Å². The maximum Gasteiger partial charge on any atom is 0.175 e. The van der Waals surface area contributed by atoms with Crippen LogP contribution >= 0.6 is 11.3 Å². The quantitative estimate of drug-likeness (QED) is 0.222. The number of benzene rings is 3. The van der Waals surface area contributed by atoms with Crippen LogP contribution in [0.1, 0.15) is 41.5 Å². The summed E-state index contributed by atoms with van der Waals surface area (Å²) in [5.74, 6) is 0.405. The van der Waals surface area contributed by atoms with Crippen LogP contribution in [0.15, 0.2) is 95.5 Å². The number of nitrogens with zero attached hydrogens (tertiary/aromatic N) is 2. The van der Waals surface area contributed by atoms with Gasteiger partial charge in [-0.2, -0.15) is 0 Å².